The molecule has 112 valence electrons. The zero-order valence-corrected chi connectivity index (χ0v) is 12.6. The summed E-state index contributed by atoms with van der Waals surface area (Å²) in [7, 11) is 2.27. The zero-order chi connectivity index (χ0) is 13.9. The van der Waals surface area contributed by atoms with Gasteiger partial charge in [-0.3, -0.25) is 4.90 Å². The molecule has 0 radical (unpaired) electrons. The second-order valence-corrected chi connectivity index (χ2v) is 6.08. The standard InChI is InChI=1S/C15H26N4O/c1-3-7-16-9-12-11-20-15(17-12)19-8-6-13-4-5-14(10-19)18(13)2/h11,13-14,16H,3-10H2,1-2H3. The van der Waals surface area contributed by atoms with Crippen LogP contribution in [0.15, 0.2) is 10.7 Å². The van der Waals surface area contributed by atoms with Crippen LogP contribution in [0, 0.1) is 0 Å². The number of oxazole rings is 1. The predicted molar refractivity (Wildman–Crippen MR) is 79.9 cm³/mol. The van der Waals surface area contributed by atoms with Gasteiger partial charge in [-0.1, -0.05) is 6.92 Å². The van der Waals surface area contributed by atoms with Crippen molar-refractivity contribution in [2.75, 3.05) is 31.6 Å². The van der Waals surface area contributed by atoms with E-state index in [2.05, 4.69) is 34.1 Å². The molecule has 3 heterocycles. The predicted octanol–water partition coefficient (Wildman–Crippen LogP) is 1.85. The van der Waals surface area contributed by atoms with Crippen LogP contribution in [0.25, 0.3) is 0 Å². The lowest BCUT2D eigenvalue weighted by atomic mass is 10.1. The van der Waals surface area contributed by atoms with Crippen molar-refractivity contribution in [1.29, 1.82) is 0 Å². The fourth-order valence-electron chi connectivity index (χ4n) is 3.40. The first-order valence-electron chi connectivity index (χ1n) is 7.90. The normalized spacial score (nSPS) is 27.0. The third kappa shape index (κ3) is 2.83. The van der Waals surface area contributed by atoms with Crippen LogP contribution in [0.3, 0.4) is 0 Å². The first-order valence-corrected chi connectivity index (χ1v) is 7.90. The third-order valence-corrected chi connectivity index (χ3v) is 4.69. The molecule has 1 aromatic heterocycles. The number of rotatable bonds is 5. The Balaban J connectivity index is 1.61. The smallest absolute Gasteiger partial charge is 0.297 e. The second kappa shape index (κ2) is 6.14. The van der Waals surface area contributed by atoms with Crippen LogP contribution in [-0.4, -0.2) is 48.6 Å². The summed E-state index contributed by atoms with van der Waals surface area (Å²) in [5.41, 5.74) is 1.01. The van der Waals surface area contributed by atoms with E-state index in [1.54, 1.807) is 6.26 Å². The van der Waals surface area contributed by atoms with Gasteiger partial charge >= 0.3 is 0 Å². The fraction of sp³-hybridized carbons (Fsp3) is 0.800. The van der Waals surface area contributed by atoms with Gasteiger partial charge < -0.3 is 14.6 Å². The van der Waals surface area contributed by atoms with Crippen LogP contribution in [-0.2, 0) is 6.54 Å². The van der Waals surface area contributed by atoms with E-state index in [4.69, 9.17) is 4.42 Å². The number of nitrogens with zero attached hydrogens (tertiary/aromatic N) is 3. The average molecular weight is 278 g/mol. The van der Waals surface area contributed by atoms with Gasteiger partial charge in [-0.05, 0) is 39.3 Å². The van der Waals surface area contributed by atoms with Gasteiger partial charge in [0.05, 0.1) is 5.69 Å². The van der Waals surface area contributed by atoms with Crippen molar-refractivity contribution < 1.29 is 4.42 Å². The van der Waals surface area contributed by atoms with Crippen LogP contribution in [0.2, 0.25) is 0 Å². The van der Waals surface area contributed by atoms with Crippen molar-refractivity contribution in [3.63, 3.8) is 0 Å². The summed E-state index contributed by atoms with van der Waals surface area (Å²) in [6, 6.07) is 2.22. The maximum Gasteiger partial charge on any atom is 0.297 e. The van der Waals surface area contributed by atoms with Gasteiger partial charge in [0.1, 0.15) is 6.26 Å². The minimum atomic E-state index is 0.663. The van der Waals surface area contributed by atoms with Gasteiger partial charge in [-0.25, -0.2) is 0 Å². The molecular weight excluding hydrogens is 252 g/mol. The number of likely N-dealkylation sites (N-methyl/N-ethyl adjacent to an activating group) is 1. The largest absolute Gasteiger partial charge is 0.432 e. The van der Waals surface area contributed by atoms with E-state index in [-0.39, 0.29) is 0 Å². The van der Waals surface area contributed by atoms with E-state index in [1.165, 1.54) is 19.3 Å². The van der Waals surface area contributed by atoms with Crippen LogP contribution in [0.4, 0.5) is 6.01 Å². The molecule has 3 rings (SSSR count). The maximum absolute atomic E-state index is 5.69. The molecule has 20 heavy (non-hydrogen) atoms. The summed E-state index contributed by atoms with van der Waals surface area (Å²) in [6.07, 6.45) is 6.83. The lowest BCUT2D eigenvalue weighted by Gasteiger charge is -2.24. The highest BCUT2D eigenvalue weighted by Crippen LogP contribution is 2.30. The van der Waals surface area contributed by atoms with Crippen molar-refractivity contribution in [2.45, 2.75) is 51.2 Å². The van der Waals surface area contributed by atoms with Gasteiger partial charge in [0.2, 0.25) is 0 Å². The molecule has 2 aliphatic rings. The lowest BCUT2D eigenvalue weighted by Crippen LogP contribution is -2.36. The Hall–Kier alpha value is -1.07. The summed E-state index contributed by atoms with van der Waals surface area (Å²) in [5.74, 6) is 0. The summed E-state index contributed by atoms with van der Waals surface area (Å²) in [6.45, 7) is 6.12. The van der Waals surface area contributed by atoms with Gasteiger partial charge in [-0.2, -0.15) is 4.98 Å². The van der Waals surface area contributed by atoms with Crippen LogP contribution < -0.4 is 10.2 Å². The molecule has 2 aliphatic heterocycles. The SMILES string of the molecule is CCCNCc1coc(N2CCC3CCC(C2)N3C)n1. The van der Waals surface area contributed by atoms with E-state index in [1.807, 2.05) is 0 Å². The van der Waals surface area contributed by atoms with Crippen molar-refractivity contribution in [3.05, 3.63) is 12.0 Å². The Morgan fingerprint density at radius 3 is 3.05 bits per heavy atom. The molecule has 0 spiro atoms. The highest BCUT2D eigenvalue weighted by atomic mass is 16.4. The van der Waals surface area contributed by atoms with E-state index in [9.17, 15) is 0 Å². The van der Waals surface area contributed by atoms with E-state index < -0.39 is 0 Å². The summed E-state index contributed by atoms with van der Waals surface area (Å²) in [5, 5.41) is 3.36. The average Bonchev–Trinajstić information content (AvgIpc) is 2.97. The van der Waals surface area contributed by atoms with Crippen molar-refractivity contribution in [2.24, 2.45) is 0 Å². The Bertz CT molecular complexity index is 433. The van der Waals surface area contributed by atoms with E-state index >= 15 is 0 Å². The monoisotopic (exact) mass is 278 g/mol. The van der Waals surface area contributed by atoms with E-state index in [0.717, 1.165) is 50.4 Å². The topological polar surface area (TPSA) is 44.5 Å². The van der Waals surface area contributed by atoms with Gasteiger partial charge in [0.15, 0.2) is 0 Å². The number of fused-ring (bicyclic) bond motifs is 2. The molecule has 1 N–H and O–H groups in total. The maximum atomic E-state index is 5.69. The fourth-order valence-corrected chi connectivity index (χ4v) is 3.40. The molecule has 2 atom stereocenters. The molecular formula is C15H26N4O. The lowest BCUT2D eigenvalue weighted by molar-refractivity contribution is 0.254. The summed E-state index contributed by atoms with van der Waals surface area (Å²) < 4.78 is 5.69. The molecule has 2 fully saturated rings. The van der Waals surface area contributed by atoms with Crippen molar-refractivity contribution in [1.82, 2.24) is 15.2 Å². The quantitative estimate of drug-likeness (QED) is 0.833. The summed E-state index contributed by atoms with van der Waals surface area (Å²) in [4.78, 5) is 9.51. The first-order chi connectivity index (χ1) is 9.78. The zero-order valence-electron chi connectivity index (χ0n) is 12.6. The number of hydrogen-bond acceptors (Lipinski definition) is 5. The van der Waals surface area contributed by atoms with Crippen LogP contribution >= 0.6 is 0 Å². The van der Waals surface area contributed by atoms with Crippen LogP contribution in [0.5, 0.6) is 0 Å². The molecule has 0 aliphatic carbocycles. The van der Waals surface area contributed by atoms with Gasteiger partial charge in [0, 0.05) is 31.7 Å². The minimum absolute atomic E-state index is 0.663. The molecule has 2 unspecified atom stereocenters. The molecule has 0 aromatic carbocycles. The van der Waals surface area contributed by atoms with Crippen molar-refractivity contribution >= 4 is 6.01 Å². The Kier molecular flexibility index (Phi) is 4.27. The second-order valence-electron chi connectivity index (χ2n) is 6.08. The van der Waals surface area contributed by atoms with Gasteiger partial charge in [-0.15, -0.1) is 0 Å². The molecule has 5 nitrogen and oxygen atoms in total. The van der Waals surface area contributed by atoms with Crippen molar-refractivity contribution in [3.8, 4) is 0 Å². The van der Waals surface area contributed by atoms with Gasteiger partial charge in [0.25, 0.3) is 6.01 Å². The molecule has 0 amide bonds. The Morgan fingerprint density at radius 1 is 1.35 bits per heavy atom. The molecule has 2 bridgehead atoms. The Labute approximate surface area is 121 Å². The number of hydrogen-bond donors (Lipinski definition) is 1. The highest BCUT2D eigenvalue weighted by molar-refractivity contribution is 5.28. The first kappa shape index (κ1) is 13.9. The molecule has 5 heteroatoms. The number of nitrogens with one attached hydrogen (secondary N) is 1. The number of aromatic nitrogens is 1. The molecule has 0 saturated carbocycles. The van der Waals surface area contributed by atoms with E-state index in [0.29, 0.717) is 6.04 Å². The van der Waals surface area contributed by atoms with Crippen LogP contribution in [0.1, 0.15) is 38.3 Å². The third-order valence-electron chi connectivity index (χ3n) is 4.69. The number of anilines is 1. The molecule has 1 aromatic rings. The minimum Gasteiger partial charge on any atom is -0.432 e. The molecule has 2 saturated heterocycles. The Morgan fingerprint density at radius 2 is 2.20 bits per heavy atom. The summed E-state index contributed by atoms with van der Waals surface area (Å²) >= 11 is 0. The highest BCUT2D eigenvalue weighted by Gasteiger charge is 2.35.